The van der Waals surface area contributed by atoms with E-state index in [-0.39, 0.29) is 4.91 Å². The molecule has 0 bridgehead atoms. The number of hydrogen-bond donors (Lipinski definition) is 0. The monoisotopic (exact) mass is 217 g/mol. The Morgan fingerprint density at radius 3 is 2.31 bits per heavy atom. The zero-order valence-corrected chi connectivity index (χ0v) is 9.41. The Morgan fingerprint density at radius 1 is 1.62 bits per heavy atom. The molecular formula is C6H10B2ClNO2S. The third-order valence-electron chi connectivity index (χ3n) is 1.40. The van der Waals surface area contributed by atoms with Crippen LogP contribution in [0.1, 0.15) is 6.92 Å². The number of allylic oxidation sites excluding steroid dienone is 2. The van der Waals surface area contributed by atoms with E-state index in [1.807, 2.05) is 0 Å². The normalized spacial score (nSPS) is 14.3. The van der Waals surface area contributed by atoms with Crippen LogP contribution in [0.2, 0.25) is 0 Å². The van der Waals surface area contributed by atoms with Gasteiger partial charge in [-0.25, -0.2) is 0 Å². The number of rotatable bonds is 3. The van der Waals surface area contributed by atoms with E-state index < -0.39 is 9.05 Å². The fourth-order valence-electron chi connectivity index (χ4n) is 0.642. The van der Waals surface area contributed by atoms with Crippen LogP contribution in [-0.4, -0.2) is 41.9 Å². The molecular weight excluding hydrogens is 207 g/mol. The van der Waals surface area contributed by atoms with Gasteiger partial charge in [0.1, 0.15) is 0 Å². The summed E-state index contributed by atoms with van der Waals surface area (Å²) in [6, 6.07) is 0. The summed E-state index contributed by atoms with van der Waals surface area (Å²) in [5.41, 5.74) is 0.529. The van der Waals surface area contributed by atoms with Crippen LogP contribution < -0.4 is 0 Å². The van der Waals surface area contributed by atoms with Crippen LogP contribution in [0.25, 0.3) is 0 Å². The van der Waals surface area contributed by atoms with Crippen molar-refractivity contribution in [3.63, 3.8) is 0 Å². The molecule has 0 amide bonds. The molecule has 0 atom stereocenters. The number of aliphatic imine (C=N–C) groups is 1. The first-order chi connectivity index (χ1) is 5.79. The van der Waals surface area contributed by atoms with Gasteiger partial charge in [-0.05, 0) is 0 Å². The Hall–Kier alpha value is -0.350. The van der Waals surface area contributed by atoms with Crippen LogP contribution in [0.4, 0.5) is 0 Å². The molecule has 0 heterocycles. The zero-order chi connectivity index (χ0) is 10.6. The van der Waals surface area contributed by atoms with E-state index in [1.165, 1.54) is 13.0 Å². The van der Waals surface area contributed by atoms with Gasteiger partial charge in [0.15, 0.2) is 0 Å². The van der Waals surface area contributed by atoms with E-state index >= 15 is 0 Å². The quantitative estimate of drug-likeness (QED) is 0.353. The third kappa shape index (κ3) is 4.43. The minimum absolute atomic E-state index is 0.0674. The third-order valence-corrected chi connectivity index (χ3v) is 3.02. The van der Waals surface area contributed by atoms with Crippen molar-refractivity contribution in [2.24, 2.45) is 4.99 Å². The summed E-state index contributed by atoms with van der Waals surface area (Å²) in [7, 11) is 8.43. The summed E-state index contributed by atoms with van der Waals surface area (Å²) in [6.07, 6.45) is 1.39. The van der Waals surface area contributed by atoms with Crippen LogP contribution in [0, 0.1) is 0 Å². The van der Waals surface area contributed by atoms with Gasteiger partial charge in [-0.2, -0.15) is 0 Å². The SMILES string of the molecule is B=C(B)C(/C=C(\C)S(=O)(=O)Cl)=N/C. The molecule has 70 valence electrons. The molecule has 3 nitrogen and oxygen atoms in total. The first-order valence-electron chi connectivity index (χ1n) is 3.54. The molecule has 0 radical (unpaired) electrons. The molecule has 0 rings (SSSR count). The van der Waals surface area contributed by atoms with Gasteiger partial charge < -0.3 is 0 Å². The van der Waals surface area contributed by atoms with E-state index in [9.17, 15) is 8.42 Å². The first-order valence-corrected chi connectivity index (χ1v) is 5.85. The predicted octanol–water partition coefficient (Wildman–Crippen LogP) is -0.807. The van der Waals surface area contributed by atoms with Crippen molar-refractivity contribution in [1.82, 2.24) is 0 Å². The zero-order valence-electron chi connectivity index (χ0n) is 7.83. The topological polar surface area (TPSA) is 46.5 Å². The second-order valence-corrected chi connectivity index (χ2v) is 5.32. The molecule has 0 aliphatic rings. The van der Waals surface area contributed by atoms with Gasteiger partial charge in [-0.3, -0.25) is 0 Å². The number of hydrogen-bond acceptors (Lipinski definition) is 3. The molecule has 0 saturated carbocycles. The molecule has 13 heavy (non-hydrogen) atoms. The standard InChI is InChI=1S/C6H10B2ClNO2S/c1-4(13(9,11)12)3-5(10-2)6(7)8/h3,7H,8H2,1-2H3/b4-3+,10-5+. The van der Waals surface area contributed by atoms with Gasteiger partial charge in [0.2, 0.25) is 0 Å². The van der Waals surface area contributed by atoms with Crippen molar-refractivity contribution in [1.29, 1.82) is 0 Å². The fourth-order valence-corrected chi connectivity index (χ4v) is 1.03. The van der Waals surface area contributed by atoms with Crippen LogP contribution >= 0.6 is 10.7 Å². The molecule has 0 unspecified atom stereocenters. The summed E-state index contributed by atoms with van der Waals surface area (Å²) < 4.78 is 21.6. The molecule has 7 heteroatoms. The average Bonchev–Trinajstić information content (AvgIpc) is 1.96. The molecule has 0 aromatic carbocycles. The minimum atomic E-state index is -3.63. The van der Waals surface area contributed by atoms with Crippen molar-refractivity contribution in [3.8, 4) is 0 Å². The predicted molar refractivity (Wildman–Crippen MR) is 62.6 cm³/mol. The van der Waals surface area contributed by atoms with Crippen LogP contribution in [-0.2, 0) is 9.05 Å². The van der Waals surface area contributed by atoms with Gasteiger partial charge in [0.25, 0.3) is 0 Å². The van der Waals surface area contributed by atoms with Crippen molar-refractivity contribution < 1.29 is 8.42 Å². The number of nitrogens with zero attached hydrogens (tertiary/aromatic N) is 1. The van der Waals surface area contributed by atoms with Crippen molar-refractivity contribution in [3.05, 3.63) is 11.0 Å². The summed E-state index contributed by atoms with van der Waals surface area (Å²) in [5, 5.41) is 0.696. The van der Waals surface area contributed by atoms with Crippen molar-refractivity contribution in [2.45, 2.75) is 6.92 Å². The summed E-state index contributed by atoms with van der Waals surface area (Å²) in [4.78, 5) is 3.93. The average molecular weight is 217 g/mol. The maximum absolute atomic E-state index is 10.8. The summed E-state index contributed by atoms with van der Waals surface area (Å²) in [5.74, 6) is 0. The Bertz CT molecular complexity index is 372. The molecule has 0 saturated heterocycles. The van der Waals surface area contributed by atoms with Crippen LogP contribution in [0.5, 0.6) is 0 Å². The van der Waals surface area contributed by atoms with Crippen molar-refractivity contribution >= 4 is 46.1 Å². The Labute approximate surface area is 84.8 Å². The first kappa shape index (κ1) is 12.6. The molecule has 0 N–H and O–H groups in total. The van der Waals surface area contributed by atoms with Gasteiger partial charge >= 0.3 is 84.5 Å². The summed E-state index contributed by atoms with van der Waals surface area (Å²) >= 11 is 0. The molecule has 0 aromatic rings. The van der Waals surface area contributed by atoms with Gasteiger partial charge in [-0.15, -0.1) is 0 Å². The Morgan fingerprint density at radius 2 is 2.08 bits per heavy atom. The van der Waals surface area contributed by atoms with Gasteiger partial charge in [-0.1, -0.05) is 0 Å². The fraction of sp³-hybridized carbons (Fsp3) is 0.333. The second-order valence-electron chi connectivity index (χ2n) is 2.58. The van der Waals surface area contributed by atoms with E-state index in [4.69, 9.17) is 10.7 Å². The van der Waals surface area contributed by atoms with E-state index in [0.717, 1.165) is 0 Å². The maximum atomic E-state index is 10.8. The number of halogens is 1. The second kappa shape index (κ2) is 4.77. The van der Waals surface area contributed by atoms with E-state index in [0.29, 0.717) is 11.1 Å². The van der Waals surface area contributed by atoms with E-state index in [2.05, 4.69) is 12.5 Å². The van der Waals surface area contributed by atoms with Crippen LogP contribution in [0.15, 0.2) is 16.0 Å². The van der Waals surface area contributed by atoms with Crippen LogP contribution in [0.3, 0.4) is 0 Å². The Kier molecular flexibility index (Phi) is 4.64. The molecule has 0 aliphatic carbocycles. The van der Waals surface area contributed by atoms with Gasteiger partial charge in [0.05, 0.1) is 0 Å². The van der Waals surface area contributed by atoms with Crippen molar-refractivity contribution in [2.75, 3.05) is 7.05 Å². The summed E-state index contributed by atoms with van der Waals surface area (Å²) in [6.45, 7) is 1.41. The molecule has 0 fully saturated rings. The van der Waals surface area contributed by atoms with E-state index in [1.54, 1.807) is 14.9 Å². The van der Waals surface area contributed by atoms with Gasteiger partial charge in [0, 0.05) is 0 Å². The molecule has 0 aliphatic heterocycles. The molecule has 0 spiro atoms. The molecule has 0 aromatic heterocycles. The Balaban J connectivity index is 5.08.